The van der Waals surface area contributed by atoms with E-state index < -0.39 is 11.6 Å². The standard InChI is InChI=1S/C33H26F2N4O/c34-28-13-14-29(39(19-22-8-3-1-4-9-22)20-23-10-5-2-6-11-23)31(35)30(28)32-26(12-7-15-36-32)24-16-27-25(21-40)18-38-33(27)37-17-24/h1-18,40H,19-21H2,(H,37,38). The average Bonchev–Trinajstić information content (AvgIpc) is 3.41. The molecule has 0 amide bonds. The van der Waals surface area contributed by atoms with Crippen molar-refractivity contribution in [2.45, 2.75) is 19.7 Å². The van der Waals surface area contributed by atoms with Crippen molar-refractivity contribution >= 4 is 16.7 Å². The lowest BCUT2D eigenvalue weighted by Gasteiger charge is -2.27. The number of nitrogens with one attached hydrogen (secondary N) is 1. The third kappa shape index (κ3) is 4.95. The Morgan fingerprint density at radius 2 is 1.50 bits per heavy atom. The maximum absolute atomic E-state index is 16.5. The van der Waals surface area contributed by atoms with Crippen LogP contribution >= 0.6 is 0 Å². The van der Waals surface area contributed by atoms with E-state index in [1.54, 1.807) is 24.5 Å². The number of hydrogen-bond acceptors (Lipinski definition) is 4. The molecule has 7 heteroatoms. The minimum atomic E-state index is -0.702. The SMILES string of the molecule is OCc1c[nH]c2ncc(-c3cccnc3-c3c(F)ccc(N(Cc4ccccc4)Cc4ccccc4)c3F)cc12. The number of fused-ring (bicyclic) bond motifs is 1. The molecule has 0 fully saturated rings. The quantitative estimate of drug-likeness (QED) is 0.216. The van der Waals surface area contributed by atoms with Gasteiger partial charge in [-0.05, 0) is 35.4 Å². The monoisotopic (exact) mass is 532 g/mol. The number of aliphatic hydroxyl groups excluding tert-OH is 1. The second-order valence-electron chi connectivity index (χ2n) is 9.57. The van der Waals surface area contributed by atoms with Gasteiger partial charge >= 0.3 is 0 Å². The number of rotatable bonds is 8. The first-order chi connectivity index (χ1) is 19.6. The average molecular weight is 533 g/mol. The normalized spacial score (nSPS) is 11.2. The predicted octanol–water partition coefficient (Wildman–Crippen LogP) is 7.27. The van der Waals surface area contributed by atoms with E-state index in [0.29, 0.717) is 35.4 Å². The van der Waals surface area contributed by atoms with Crippen LogP contribution in [0, 0.1) is 11.6 Å². The molecule has 6 rings (SSSR count). The fourth-order valence-electron chi connectivity index (χ4n) is 5.01. The highest BCUT2D eigenvalue weighted by atomic mass is 19.1. The molecule has 0 saturated carbocycles. The molecule has 0 aliphatic rings. The van der Waals surface area contributed by atoms with E-state index >= 15 is 8.78 Å². The number of hydrogen-bond donors (Lipinski definition) is 2. The van der Waals surface area contributed by atoms with Crippen molar-refractivity contribution in [1.82, 2.24) is 15.0 Å². The van der Waals surface area contributed by atoms with Crippen LogP contribution in [0.1, 0.15) is 16.7 Å². The van der Waals surface area contributed by atoms with Crippen LogP contribution in [-0.2, 0) is 19.7 Å². The summed E-state index contributed by atoms with van der Waals surface area (Å²) in [5.41, 5.74) is 4.76. The molecule has 6 aromatic rings. The highest BCUT2D eigenvalue weighted by Gasteiger charge is 2.23. The van der Waals surface area contributed by atoms with Gasteiger partial charge in [0, 0.05) is 53.8 Å². The van der Waals surface area contributed by atoms with Gasteiger partial charge in [-0.15, -0.1) is 0 Å². The molecule has 3 aromatic carbocycles. The Balaban J connectivity index is 1.47. The van der Waals surface area contributed by atoms with Crippen molar-refractivity contribution in [2.24, 2.45) is 0 Å². The summed E-state index contributed by atoms with van der Waals surface area (Å²) in [5, 5.41) is 10.5. The van der Waals surface area contributed by atoms with Crippen molar-refractivity contribution in [3.63, 3.8) is 0 Å². The lowest BCUT2D eigenvalue weighted by Crippen LogP contribution is -2.23. The van der Waals surface area contributed by atoms with Crippen molar-refractivity contribution in [1.29, 1.82) is 0 Å². The first-order valence-corrected chi connectivity index (χ1v) is 13.0. The molecule has 3 heterocycles. The lowest BCUT2D eigenvalue weighted by molar-refractivity contribution is 0.283. The van der Waals surface area contributed by atoms with Gasteiger partial charge in [0.1, 0.15) is 11.5 Å². The molecule has 0 unspecified atom stereocenters. The van der Waals surface area contributed by atoms with E-state index in [1.165, 1.54) is 18.3 Å². The summed E-state index contributed by atoms with van der Waals surface area (Å²) in [6.07, 6.45) is 4.86. The maximum Gasteiger partial charge on any atom is 0.158 e. The molecule has 0 aliphatic heterocycles. The molecular weight excluding hydrogens is 506 g/mol. The van der Waals surface area contributed by atoms with Crippen LogP contribution in [0.4, 0.5) is 14.5 Å². The summed E-state index contributed by atoms with van der Waals surface area (Å²) in [6.45, 7) is 0.713. The fraction of sp³-hybridized carbons (Fsp3) is 0.0909. The van der Waals surface area contributed by atoms with Crippen molar-refractivity contribution in [3.8, 4) is 22.4 Å². The smallest absolute Gasteiger partial charge is 0.158 e. The number of aromatic amines is 1. The van der Waals surface area contributed by atoms with Gasteiger partial charge in [0.15, 0.2) is 5.82 Å². The largest absolute Gasteiger partial charge is 0.392 e. The van der Waals surface area contributed by atoms with Crippen LogP contribution in [0.2, 0.25) is 0 Å². The van der Waals surface area contributed by atoms with E-state index in [1.807, 2.05) is 71.6 Å². The van der Waals surface area contributed by atoms with Crippen LogP contribution in [-0.4, -0.2) is 20.1 Å². The molecule has 0 bridgehead atoms. The number of halogens is 2. The first kappa shape index (κ1) is 25.4. The van der Waals surface area contributed by atoms with Gasteiger partial charge in [0.25, 0.3) is 0 Å². The zero-order valence-corrected chi connectivity index (χ0v) is 21.6. The molecule has 0 radical (unpaired) electrons. The number of aliphatic hydroxyl groups is 1. The third-order valence-corrected chi connectivity index (χ3v) is 6.99. The molecule has 0 saturated heterocycles. The second-order valence-corrected chi connectivity index (χ2v) is 9.57. The maximum atomic E-state index is 16.5. The minimum absolute atomic E-state index is 0.158. The summed E-state index contributed by atoms with van der Waals surface area (Å²) in [6, 6.07) is 27.7. The Morgan fingerprint density at radius 3 is 2.17 bits per heavy atom. The van der Waals surface area contributed by atoms with Gasteiger partial charge in [-0.3, -0.25) is 4.98 Å². The van der Waals surface area contributed by atoms with Crippen molar-refractivity contribution in [3.05, 3.63) is 138 Å². The molecule has 40 heavy (non-hydrogen) atoms. The van der Waals surface area contributed by atoms with Gasteiger partial charge in [-0.25, -0.2) is 13.8 Å². The van der Waals surface area contributed by atoms with Gasteiger partial charge in [0.2, 0.25) is 0 Å². The summed E-state index contributed by atoms with van der Waals surface area (Å²) < 4.78 is 32.0. The topological polar surface area (TPSA) is 65.0 Å². The number of anilines is 1. The zero-order chi connectivity index (χ0) is 27.5. The van der Waals surface area contributed by atoms with E-state index in [9.17, 15) is 5.11 Å². The van der Waals surface area contributed by atoms with Gasteiger partial charge in [-0.2, -0.15) is 0 Å². The number of aromatic nitrogens is 3. The Labute approximate surface area is 230 Å². The van der Waals surface area contributed by atoms with Crippen LogP contribution in [0.25, 0.3) is 33.4 Å². The van der Waals surface area contributed by atoms with E-state index in [4.69, 9.17) is 0 Å². The molecule has 198 valence electrons. The highest BCUT2D eigenvalue weighted by molar-refractivity contribution is 5.89. The molecule has 5 nitrogen and oxygen atoms in total. The Bertz CT molecular complexity index is 1730. The Kier molecular flexibility index (Phi) is 7.04. The van der Waals surface area contributed by atoms with E-state index in [0.717, 1.165) is 16.5 Å². The molecule has 0 aliphatic carbocycles. The number of nitrogens with zero attached hydrogens (tertiary/aromatic N) is 3. The van der Waals surface area contributed by atoms with Gasteiger partial charge < -0.3 is 15.0 Å². The first-order valence-electron chi connectivity index (χ1n) is 13.0. The summed E-state index contributed by atoms with van der Waals surface area (Å²) in [4.78, 5) is 13.8. The molecule has 2 N–H and O–H groups in total. The summed E-state index contributed by atoms with van der Waals surface area (Å²) in [5.74, 6) is -1.38. The van der Waals surface area contributed by atoms with Crippen LogP contribution < -0.4 is 4.90 Å². The van der Waals surface area contributed by atoms with Crippen LogP contribution in [0.15, 0.2) is 110 Å². The van der Waals surface area contributed by atoms with E-state index in [-0.39, 0.29) is 23.6 Å². The van der Waals surface area contributed by atoms with Crippen molar-refractivity contribution < 1.29 is 13.9 Å². The Morgan fingerprint density at radius 1 is 0.800 bits per heavy atom. The summed E-state index contributed by atoms with van der Waals surface area (Å²) >= 11 is 0. The van der Waals surface area contributed by atoms with Gasteiger partial charge in [-0.1, -0.05) is 66.7 Å². The lowest BCUT2D eigenvalue weighted by atomic mass is 9.98. The van der Waals surface area contributed by atoms with Crippen LogP contribution in [0.3, 0.4) is 0 Å². The summed E-state index contributed by atoms with van der Waals surface area (Å²) in [7, 11) is 0. The highest BCUT2D eigenvalue weighted by Crippen LogP contribution is 2.38. The fourth-order valence-corrected chi connectivity index (χ4v) is 5.01. The van der Waals surface area contributed by atoms with Gasteiger partial charge in [0.05, 0.1) is 23.6 Å². The zero-order valence-electron chi connectivity index (χ0n) is 21.6. The second kappa shape index (κ2) is 11.1. The molecule has 3 aromatic heterocycles. The molecule has 0 atom stereocenters. The van der Waals surface area contributed by atoms with E-state index in [2.05, 4.69) is 15.0 Å². The van der Waals surface area contributed by atoms with Crippen LogP contribution in [0.5, 0.6) is 0 Å². The predicted molar refractivity (Wildman–Crippen MR) is 153 cm³/mol. The molecular formula is C33H26F2N4O. The third-order valence-electron chi connectivity index (χ3n) is 6.99. The van der Waals surface area contributed by atoms with Crippen molar-refractivity contribution in [2.75, 3.05) is 4.90 Å². The number of pyridine rings is 2. The molecule has 0 spiro atoms. The Hall–Kier alpha value is -4.88. The number of H-pyrrole nitrogens is 1. The minimum Gasteiger partial charge on any atom is -0.392 e. The number of benzene rings is 3.